The van der Waals surface area contributed by atoms with Crippen LogP contribution in [0.2, 0.25) is 0 Å². The molecule has 6 saturated carbocycles. The Morgan fingerprint density at radius 3 is 2.25 bits per heavy atom. The number of fused-ring (bicyclic) bond motifs is 1. The standard InChI is InChI=1S/C32H30I2O9S/c33-17-1-3-19(23(34)10-17)30(35)42-28-21-12-22-27(32(37)43-29(22)28)26(21)31(36)41-18-2-4-24(44(38,39)40)20(11-18)25-15-6-13-5-14(8-15)9-16(25)7-13/h1-4,10-11,13-16,21-22,25-29H,5-9,12H2,(H,38,39,40). The van der Waals surface area contributed by atoms with Crippen LogP contribution in [0.3, 0.4) is 0 Å². The summed E-state index contributed by atoms with van der Waals surface area (Å²) < 4.78 is 54.3. The monoisotopic (exact) mass is 844 g/mol. The van der Waals surface area contributed by atoms with E-state index < -0.39 is 58.0 Å². The first-order valence-corrected chi connectivity index (χ1v) is 18.8. The molecule has 0 spiro atoms. The van der Waals surface area contributed by atoms with Crippen molar-refractivity contribution < 1.29 is 41.6 Å². The molecule has 0 aromatic heterocycles. The highest BCUT2D eigenvalue weighted by molar-refractivity contribution is 14.1. The number of hydrogen-bond donors (Lipinski definition) is 1. The predicted octanol–water partition coefficient (Wildman–Crippen LogP) is 5.62. The van der Waals surface area contributed by atoms with E-state index in [1.807, 2.05) is 12.1 Å². The number of carbonyl (C=O) groups is 3. The summed E-state index contributed by atoms with van der Waals surface area (Å²) in [4.78, 5) is 39.8. The number of benzene rings is 2. The Kier molecular flexibility index (Phi) is 7.15. The highest BCUT2D eigenvalue weighted by Gasteiger charge is 2.70. The molecule has 6 unspecified atom stereocenters. The van der Waals surface area contributed by atoms with Gasteiger partial charge in [-0.25, -0.2) is 4.79 Å². The fourth-order valence-electron chi connectivity index (χ4n) is 10.0. The molecule has 1 N–H and O–H groups in total. The molecule has 0 radical (unpaired) electrons. The number of rotatable bonds is 6. The highest BCUT2D eigenvalue weighted by atomic mass is 127. The second-order valence-corrected chi connectivity index (χ2v) is 17.4. The zero-order chi connectivity index (χ0) is 30.7. The van der Waals surface area contributed by atoms with Gasteiger partial charge in [-0.1, -0.05) is 0 Å². The molecule has 0 amide bonds. The lowest BCUT2D eigenvalue weighted by molar-refractivity contribution is -0.149. The molecular weight excluding hydrogens is 814 g/mol. The Morgan fingerprint density at radius 2 is 1.59 bits per heavy atom. The van der Waals surface area contributed by atoms with E-state index >= 15 is 0 Å². The summed E-state index contributed by atoms with van der Waals surface area (Å²) in [6, 6.07) is 9.70. The van der Waals surface area contributed by atoms with Gasteiger partial charge in [0.1, 0.15) is 18.0 Å². The van der Waals surface area contributed by atoms with Gasteiger partial charge in [-0.3, -0.25) is 14.1 Å². The van der Waals surface area contributed by atoms with E-state index in [9.17, 15) is 27.4 Å². The molecule has 1 aliphatic heterocycles. The highest BCUT2D eigenvalue weighted by Crippen LogP contribution is 2.61. The van der Waals surface area contributed by atoms with Crippen LogP contribution in [0.1, 0.15) is 60.4 Å². The molecule has 9 nitrogen and oxygen atoms in total. The summed E-state index contributed by atoms with van der Waals surface area (Å²) in [6.45, 7) is 0. The van der Waals surface area contributed by atoms with Gasteiger partial charge in [0, 0.05) is 19.0 Å². The van der Waals surface area contributed by atoms with Gasteiger partial charge in [-0.2, -0.15) is 8.42 Å². The quantitative estimate of drug-likeness (QED) is 0.170. The normalized spacial score (nSPS) is 37.7. The Balaban J connectivity index is 1.07. The third kappa shape index (κ3) is 4.74. The third-order valence-electron chi connectivity index (χ3n) is 11.3. The first-order chi connectivity index (χ1) is 21.0. The van der Waals surface area contributed by atoms with E-state index in [1.54, 1.807) is 12.1 Å². The molecule has 2 aromatic carbocycles. The van der Waals surface area contributed by atoms with E-state index in [4.69, 9.17) is 14.2 Å². The van der Waals surface area contributed by atoms with E-state index in [1.165, 1.54) is 18.6 Å². The van der Waals surface area contributed by atoms with Crippen LogP contribution >= 0.6 is 45.2 Å². The Bertz CT molecular complexity index is 1680. The lowest BCUT2D eigenvalue weighted by Gasteiger charge is -2.54. The van der Waals surface area contributed by atoms with Crippen molar-refractivity contribution in [3.05, 3.63) is 54.7 Å². The van der Waals surface area contributed by atoms with Crippen molar-refractivity contribution in [2.45, 2.75) is 61.5 Å². The van der Waals surface area contributed by atoms with E-state index in [0.717, 1.165) is 32.8 Å². The molecule has 2 aromatic rings. The van der Waals surface area contributed by atoms with Gasteiger partial charge < -0.3 is 14.2 Å². The fourth-order valence-corrected chi connectivity index (χ4v) is 12.6. The van der Waals surface area contributed by atoms with E-state index in [-0.39, 0.29) is 22.5 Å². The fraction of sp³-hybridized carbons (Fsp3) is 0.531. The molecular formula is C32H30I2O9S. The lowest BCUT2D eigenvalue weighted by Crippen LogP contribution is -2.44. The van der Waals surface area contributed by atoms with Gasteiger partial charge in [0.05, 0.1) is 22.3 Å². The van der Waals surface area contributed by atoms with Crippen LogP contribution in [0.25, 0.3) is 0 Å². The van der Waals surface area contributed by atoms with Crippen LogP contribution in [0.15, 0.2) is 41.3 Å². The Morgan fingerprint density at radius 1 is 0.886 bits per heavy atom. The van der Waals surface area contributed by atoms with Crippen molar-refractivity contribution in [2.24, 2.45) is 47.3 Å². The van der Waals surface area contributed by atoms with E-state index in [2.05, 4.69) is 45.2 Å². The van der Waals surface area contributed by atoms with Gasteiger partial charge in [0.15, 0.2) is 0 Å². The second-order valence-electron chi connectivity index (χ2n) is 13.6. The maximum atomic E-state index is 13.8. The molecule has 6 bridgehead atoms. The zero-order valence-electron chi connectivity index (χ0n) is 23.4. The SMILES string of the molecule is O=C(OC1C2CC3C1OC(=O)C3C2C(=O)Oc1ccc(S(=O)(=O)O)c(C2C3CC4CC(C3)CC2C4)c1)c1ccc(I)cc1I. The number of hydrogen-bond acceptors (Lipinski definition) is 8. The van der Waals surface area contributed by atoms with Crippen LogP contribution in [0, 0.1) is 54.5 Å². The summed E-state index contributed by atoms with van der Waals surface area (Å²) >= 11 is 4.25. The number of ether oxygens (including phenoxy) is 3. The predicted molar refractivity (Wildman–Crippen MR) is 171 cm³/mol. The molecule has 12 heteroatoms. The first kappa shape index (κ1) is 29.6. The third-order valence-corrected chi connectivity index (χ3v) is 13.8. The largest absolute Gasteiger partial charge is 0.458 e. The van der Waals surface area contributed by atoms with Crippen molar-refractivity contribution in [1.82, 2.24) is 0 Å². The molecule has 7 fully saturated rings. The maximum Gasteiger partial charge on any atom is 0.339 e. The van der Waals surface area contributed by atoms with Gasteiger partial charge in [0.2, 0.25) is 0 Å². The molecule has 1 saturated heterocycles. The molecule has 232 valence electrons. The molecule has 6 aliphatic carbocycles. The van der Waals surface area contributed by atoms with Gasteiger partial charge in [-0.05, 0) is 155 Å². The van der Waals surface area contributed by atoms with Gasteiger partial charge in [0.25, 0.3) is 10.1 Å². The summed E-state index contributed by atoms with van der Waals surface area (Å²) in [5.41, 5.74) is 0.920. The zero-order valence-corrected chi connectivity index (χ0v) is 28.6. The van der Waals surface area contributed by atoms with Crippen molar-refractivity contribution in [2.75, 3.05) is 0 Å². The minimum atomic E-state index is -4.50. The average Bonchev–Trinajstić information content (AvgIpc) is 3.56. The van der Waals surface area contributed by atoms with Crippen LogP contribution in [0.5, 0.6) is 5.75 Å². The summed E-state index contributed by atoms with van der Waals surface area (Å²) in [7, 11) is -4.50. The summed E-state index contributed by atoms with van der Waals surface area (Å²) in [6.07, 6.45) is 4.57. The van der Waals surface area contributed by atoms with Crippen molar-refractivity contribution in [3.63, 3.8) is 0 Å². The number of halogens is 2. The topological polar surface area (TPSA) is 133 Å². The van der Waals surface area contributed by atoms with Crippen molar-refractivity contribution in [3.8, 4) is 5.75 Å². The Hall–Kier alpha value is -1.78. The van der Waals surface area contributed by atoms with Crippen LogP contribution in [-0.4, -0.2) is 43.1 Å². The summed E-state index contributed by atoms with van der Waals surface area (Å²) in [5.74, 6) is -1.69. The minimum Gasteiger partial charge on any atom is -0.458 e. The second kappa shape index (κ2) is 10.6. The molecule has 1 heterocycles. The summed E-state index contributed by atoms with van der Waals surface area (Å²) in [5, 5.41) is 0. The minimum absolute atomic E-state index is 0.0284. The lowest BCUT2D eigenvalue weighted by atomic mass is 9.51. The van der Waals surface area contributed by atoms with E-state index in [0.29, 0.717) is 41.2 Å². The van der Waals surface area contributed by atoms with Gasteiger partial charge >= 0.3 is 17.9 Å². The average molecular weight is 844 g/mol. The van der Waals surface area contributed by atoms with Gasteiger partial charge in [-0.15, -0.1) is 0 Å². The van der Waals surface area contributed by atoms with Crippen LogP contribution < -0.4 is 4.74 Å². The first-order valence-electron chi connectivity index (χ1n) is 15.2. The molecule has 7 aliphatic rings. The number of carbonyl (C=O) groups excluding carboxylic acids is 3. The molecule has 6 atom stereocenters. The van der Waals surface area contributed by atoms with Crippen LogP contribution in [0.4, 0.5) is 0 Å². The maximum absolute atomic E-state index is 13.8. The number of esters is 3. The van der Waals surface area contributed by atoms with Crippen molar-refractivity contribution in [1.29, 1.82) is 0 Å². The Labute approximate surface area is 282 Å². The van der Waals surface area contributed by atoms with Crippen LogP contribution in [-0.2, 0) is 29.2 Å². The smallest absolute Gasteiger partial charge is 0.339 e. The van der Waals surface area contributed by atoms with Crippen molar-refractivity contribution >= 4 is 73.2 Å². The molecule has 44 heavy (non-hydrogen) atoms. The molecule has 9 rings (SSSR count).